The molecule has 4 heterocycles. The van der Waals surface area contributed by atoms with Gasteiger partial charge in [-0.25, -0.2) is 4.98 Å². The number of amides is 2. The van der Waals surface area contributed by atoms with Crippen LogP contribution in [0.15, 0.2) is 22.9 Å². The first-order valence-electron chi connectivity index (χ1n) is 10.2. The van der Waals surface area contributed by atoms with Gasteiger partial charge >= 0.3 is 11.8 Å². The highest BCUT2D eigenvalue weighted by molar-refractivity contribution is 6.35. The lowest BCUT2D eigenvalue weighted by molar-refractivity contribution is -0.151. The molecule has 2 aliphatic rings. The van der Waals surface area contributed by atoms with Crippen LogP contribution in [0.4, 0.5) is 5.82 Å². The smallest absolute Gasteiger partial charge is 0.312 e. The largest absolute Gasteiger partial charge is 0.353 e. The standard InChI is InChI=1S/C20H26N6O3/c1-14(2)17-22-18(29-23-17)15-5-6-21-16(13-15)24-9-11-26(12-10-24)20(28)19(27)25-7-3-4-8-25/h5-6,13-14H,3-4,7-12H2,1-2H3. The van der Waals surface area contributed by atoms with Gasteiger partial charge in [0.25, 0.3) is 5.89 Å². The first kappa shape index (κ1) is 19.4. The van der Waals surface area contributed by atoms with E-state index in [4.69, 9.17) is 4.52 Å². The van der Waals surface area contributed by atoms with Crippen molar-refractivity contribution in [3.05, 3.63) is 24.2 Å². The minimum Gasteiger partial charge on any atom is -0.353 e. The minimum atomic E-state index is -0.389. The Hall–Kier alpha value is -2.97. The number of carbonyl (C=O) groups excluding carboxylic acids is 2. The Labute approximate surface area is 169 Å². The van der Waals surface area contributed by atoms with E-state index in [1.165, 1.54) is 0 Å². The lowest BCUT2D eigenvalue weighted by Crippen LogP contribution is -2.53. The number of pyridine rings is 1. The number of piperazine rings is 1. The van der Waals surface area contributed by atoms with Crippen molar-refractivity contribution in [1.82, 2.24) is 24.9 Å². The van der Waals surface area contributed by atoms with Crippen molar-refractivity contribution in [3.63, 3.8) is 0 Å². The predicted octanol–water partition coefficient (Wildman–Crippen LogP) is 1.53. The zero-order valence-electron chi connectivity index (χ0n) is 16.9. The molecule has 154 valence electrons. The maximum Gasteiger partial charge on any atom is 0.312 e. The van der Waals surface area contributed by atoms with E-state index in [0.29, 0.717) is 51.0 Å². The van der Waals surface area contributed by atoms with E-state index in [2.05, 4.69) is 20.0 Å². The van der Waals surface area contributed by atoms with Crippen LogP contribution in [0, 0.1) is 0 Å². The molecule has 29 heavy (non-hydrogen) atoms. The van der Waals surface area contributed by atoms with Crippen LogP contribution in [-0.4, -0.2) is 76.0 Å². The van der Waals surface area contributed by atoms with E-state index in [9.17, 15) is 9.59 Å². The van der Waals surface area contributed by atoms with Crippen LogP contribution in [0.25, 0.3) is 11.5 Å². The van der Waals surface area contributed by atoms with Crippen molar-refractivity contribution >= 4 is 17.6 Å². The quantitative estimate of drug-likeness (QED) is 0.724. The fourth-order valence-electron chi connectivity index (χ4n) is 3.64. The Morgan fingerprint density at radius 1 is 1.00 bits per heavy atom. The molecule has 9 nitrogen and oxygen atoms in total. The second-order valence-electron chi connectivity index (χ2n) is 7.79. The Bertz CT molecular complexity index is 882. The zero-order chi connectivity index (χ0) is 20.4. The molecule has 0 radical (unpaired) electrons. The van der Waals surface area contributed by atoms with Gasteiger partial charge in [0.1, 0.15) is 5.82 Å². The second-order valence-corrected chi connectivity index (χ2v) is 7.79. The Kier molecular flexibility index (Phi) is 5.46. The van der Waals surface area contributed by atoms with E-state index >= 15 is 0 Å². The molecule has 2 saturated heterocycles. The molecular formula is C20H26N6O3. The third-order valence-electron chi connectivity index (χ3n) is 5.42. The highest BCUT2D eigenvalue weighted by Crippen LogP contribution is 2.24. The van der Waals surface area contributed by atoms with E-state index in [-0.39, 0.29) is 17.7 Å². The zero-order valence-corrected chi connectivity index (χ0v) is 16.9. The van der Waals surface area contributed by atoms with Crippen molar-refractivity contribution in [1.29, 1.82) is 0 Å². The first-order chi connectivity index (χ1) is 14.0. The van der Waals surface area contributed by atoms with Crippen molar-refractivity contribution in [3.8, 4) is 11.5 Å². The Morgan fingerprint density at radius 3 is 2.28 bits per heavy atom. The van der Waals surface area contributed by atoms with Crippen LogP contribution < -0.4 is 4.90 Å². The SMILES string of the molecule is CC(C)c1noc(-c2ccnc(N3CCN(C(=O)C(=O)N4CCCC4)CC3)c2)n1. The lowest BCUT2D eigenvalue weighted by atomic mass is 10.2. The van der Waals surface area contributed by atoms with E-state index in [1.807, 2.05) is 26.0 Å². The molecular weight excluding hydrogens is 372 g/mol. The van der Waals surface area contributed by atoms with Gasteiger partial charge in [-0.3, -0.25) is 9.59 Å². The summed E-state index contributed by atoms with van der Waals surface area (Å²) in [5, 5.41) is 4.01. The summed E-state index contributed by atoms with van der Waals surface area (Å²) in [7, 11) is 0. The van der Waals surface area contributed by atoms with Gasteiger partial charge in [-0.15, -0.1) is 0 Å². The average molecular weight is 398 g/mol. The van der Waals surface area contributed by atoms with Crippen LogP contribution in [0.3, 0.4) is 0 Å². The molecule has 0 saturated carbocycles. The second kappa shape index (κ2) is 8.18. The molecule has 4 rings (SSSR count). The summed E-state index contributed by atoms with van der Waals surface area (Å²) in [6.07, 6.45) is 3.68. The summed E-state index contributed by atoms with van der Waals surface area (Å²) in [6.45, 7) is 7.66. The number of hydrogen-bond acceptors (Lipinski definition) is 7. The molecule has 0 atom stereocenters. The van der Waals surface area contributed by atoms with E-state index in [1.54, 1.807) is 16.0 Å². The molecule has 0 bridgehead atoms. The molecule has 0 N–H and O–H groups in total. The highest BCUT2D eigenvalue weighted by atomic mass is 16.5. The van der Waals surface area contributed by atoms with Crippen LogP contribution in [0.1, 0.15) is 38.4 Å². The van der Waals surface area contributed by atoms with Crippen LogP contribution in [0.2, 0.25) is 0 Å². The van der Waals surface area contributed by atoms with Gasteiger partial charge in [-0.05, 0) is 25.0 Å². The monoisotopic (exact) mass is 398 g/mol. The lowest BCUT2D eigenvalue weighted by Gasteiger charge is -2.35. The topological polar surface area (TPSA) is 95.7 Å². The summed E-state index contributed by atoms with van der Waals surface area (Å²) in [5.41, 5.74) is 0.817. The maximum atomic E-state index is 12.5. The predicted molar refractivity (Wildman–Crippen MR) is 106 cm³/mol. The Balaban J connectivity index is 1.39. The van der Waals surface area contributed by atoms with Crippen molar-refractivity contribution < 1.29 is 14.1 Å². The first-order valence-corrected chi connectivity index (χ1v) is 10.2. The van der Waals surface area contributed by atoms with Gasteiger partial charge in [0.2, 0.25) is 0 Å². The van der Waals surface area contributed by atoms with Crippen molar-refractivity contribution in [2.24, 2.45) is 0 Å². The molecule has 2 aliphatic heterocycles. The number of anilines is 1. The van der Waals surface area contributed by atoms with Gasteiger partial charge in [0.05, 0.1) is 0 Å². The van der Waals surface area contributed by atoms with Crippen LogP contribution in [-0.2, 0) is 9.59 Å². The van der Waals surface area contributed by atoms with Gasteiger partial charge in [0.15, 0.2) is 5.82 Å². The average Bonchev–Trinajstić information content (AvgIpc) is 3.45. The van der Waals surface area contributed by atoms with Gasteiger partial charge in [-0.1, -0.05) is 19.0 Å². The number of carbonyl (C=O) groups is 2. The highest BCUT2D eigenvalue weighted by Gasteiger charge is 2.31. The number of rotatable bonds is 3. The van der Waals surface area contributed by atoms with Crippen LogP contribution in [0.5, 0.6) is 0 Å². The molecule has 0 aliphatic carbocycles. The van der Waals surface area contributed by atoms with E-state index in [0.717, 1.165) is 24.2 Å². The third-order valence-corrected chi connectivity index (χ3v) is 5.42. The third kappa shape index (κ3) is 4.08. The Morgan fingerprint density at radius 2 is 1.66 bits per heavy atom. The van der Waals surface area contributed by atoms with Crippen molar-refractivity contribution in [2.45, 2.75) is 32.6 Å². The molecule has 9 heteroatoms. The van der Waals surface area contributed by atoms with Gasteiger partial charge in [-0.2, -0.15) is 4.98 Å². The summed E-state index contributed by atoms with van der Waals surface area (Å²) < 4.78 is 5.38. The number of hydrogen-bond donors (Lipinski definition) is 0. The summed E-state index contributed by atoms with van der Waals surface area (Å²) in [6, 6.07) is 3.76. The van der Waals surface area contributed by atoms with Crippen LogP contribution >= 0.6 is 0 Å². The molecule has 2 aromatic rings. The van der Waals surface area contributed by atoms with Gasteiger partial charge in [0, 0.05) is 56.9 Å². The summed E-state index contributed by atoms with van der Waals surface area (Å²) in [4.78, 5) is 39.1. The maximum absolute atomic E-state index is 12.5. The number of likely N-dealkylation sites (tertiary alicyclic amines) is 1. The molecule has 0 aromatic carbocycles. The molecule has 0 unspecified atom stereocenters. The van der Waals surface area contributed by atoms with E-state index < -0.39 is 0 Å². The van der Waals surface area contributed by atoms with Gasteiger partial charge < -0.3 is 19.2 Å². The normalized spacial score (nSPS) is 17.3. The molecule has 2 fully saturated rings. The number of aromatic nitrogens is 3. The fraction of sp³-hybridized carbons (Fsp3) is 0.550. The summed E-state index contributed by atoms with van der Waals surface area (Å²) >= 11 is 0. The molecule has 0 spiro atoms. The molecule has 2 amide bonds. The fourth-order valence-corrected chi connectivity index (χ4v) is 3.64. The minimum absolute atomic E-state index is 0.197. The number of nitrogens with zero attached hydrogens (tertiary/aromatic N) is 6. The van der Waals surface area contributed by atoms with Crippen molar-refractivity contribution in [2.75, 3.05) is 44.2 Å². The molecule has 2 aromatic heterocycles. The summed E-state index contributed by atoms with van der Waals surface area (Å²) in [5.74, 6) is 1.39.